The van der Waals surface area contributed by atoms with E-state index in [0.717, 1.165) is 32.1 Å². The molecule has 0 bridgehead atoms. The predicted molar refractivity (Wildman–Crippen MR) is 71.9 cm³/mol. The van der Waals surface area contributed by atoms with Gasteiger partial charge in [0.05, 0.1) is 6.42 Å². The Labute approximate surface area is 118 Å². The van der Waals surface area contributed by atoms with Crippen LogP contribution in [0.2, 0.25) is 0 Å². The Morgan fingerprint density at radius 1 is 1.25 bits per heavy atom. The van der Waals surface area contributed by atoms with Crippen molar-refractivity contribution in [2.75, 3.05) is 6.54 Å². The molecule has 2 aliphatic rings. The first-order valence-corrected chi connectivity index (χ1v) is 7.30. The maximum Gasteiger partial charge on any atom is 0.303 e. The van der Waals surface area contributed by atoms with Crippen LogP contribution in [0.25, 0.3) is 0 Å². The van der Waals surface area contributed by atoms with E-state index in [0.29, 0.717) is 13.0 Å². The lowest BCUT2D eigenvalue weighted by Gasteiger charge is -2.28. The van der Waals surface area contributed by atoms with Gasteiger partial charge in [-0.15, -0.1) is 0 Å². The molecule has 1 unspecified atom stereocenters. The van der Waals surface area contributed by atoms with Crippen molar-refractivity contribution in [3.8, 4) is 0 Å². The van der Waals surface area contributed by atoms with Crippen molar-refractivity contribution in [3.05, 3.63) is 0 Å². The molecule has 1 saturated carbocycles. The Kier molecular flexibility index (Phi) is 4.62. The zero-order valence-electron chi connectivity index (χ0n) is 11.6. The van der Waals surface area contributed by atoms with Gasteiger partial charge in [-0.2, -0.15) is 0 Å². The minimum absolute atomic E-state index is 0.0390. The lowest BCUT2D eigenvalue weighted by Crippen LogP contribution is -2.50. The number of aliphatic carboxylic acids is 1. The molecule has 1 aliphatic carbocycles. The van der Waals surface area contributed by atoms with Gasteiger partial charge in [0.2, 0.25) is 11.8 Å². The molecule has 3 N–H and O–H groups in total. The molecule has 0 aromatic carbocycles. The van der Waals surface area contributed by atoms with Crippen LogP contribution in [-0.2, 0) is 14.4 Å². The van der Waals surface area contributed by atoms with Gasteiger partial charge in [-0.05, 0) is 31.1 Å². The second-order valence-corrected chi connectivity index (χ2v) is 6.01. The highest BCUT2D eigenvalue weighted by atomic mass is 16.4. The Hall–Kier alpha value is -1.59. The second-order valence-electron chi connectivity index (χ2n) is 6.01. The molecule has 20 heavy (non-hydrogen) atoms. The molecule has 2 amide bonds. The molecule has 112 valence electrons. The molecular formula is C14H22N2O4. The van der Waals surface area contributed by atoms with Crippen LogP contribution in [0.4, 0.5) is 0 Å². The van der Waals surface area contributed by atoms with Gasteiger partial charge in [0.25, 0.3) is 0 Å². The standard InChI is InChI=1S/C14H22N2O4/c17-11(16-10-4-3-7-15-13(10)20)8-14(9-12(18)19)5-1-2-6-14/h10H,1-9H2,(H,15,20)(H,16,17)(H,18,19). The quantitative estimate of drug-likeness (QED) is 0.695. The fraction of sp³-hybridized carbons (Fsp3) is 0.786. The first-order valence-electron chi connectivity index (χ1n) is 7.30. The largest absolute Gasteiger partial charge is 0.481 e. The van der Waals surface area contributed by atoms with Crippen LogP contribution < -0.4 is 10.6 Å². The van der Waals surface area contributed by atoms with Crippen LogP contribution in [0.3, 0.4) is 0 Å². The SMILES string of the molecule is O=C(O)CC1(CC(=O)NC2CCCNC2=O)CCCC1. The zero-order chi connectivity index (χ0) is 14.6. The average Bonchev–Trinajstić information content (AvgIpc) is 2.79. The molecule has 1 saturated heterocycles. The van der Waals surface area contributed by atoms with Gasteiger partial charge in [0, 0.05) is 13.0 Å². The molecular weight excluding hydrogens is 260 g/mol. The van der Waals surface area contributed by atoms with Crippen molar-refractivity contribution in [1.82, 2.24) is 10.6 Å². The lowest BCUT2D eigenvalue weighted by atomic mass is 9.79. The van der Waals surface area contributed by atoms with Crippen LogP contribution in [0.5, 0.6) is 0 Å². The summed E-state index contributed by atoms with van der Waals surface area (Å²) >= 11 is 0. The molecule has 0 aromatic heterocycles. The lowest BCUT2D eigenvalue weighted by molar-refractivity contribution is -0.140. The van der Waals surface area contributed by atoms with Gasteiger partial charge in [-0.1, -0.05) is 12.8 Å². The van der Waals surface area contributed by atoms with E-state index in [1.54, 1.807) is 0 Å². The third-order valence-electron chi connectivity index (χ3n) is 4.35. The predicted octanol–water partition coefficient (Wildman–Crippen LogP) is 0.806. The van der Waals surface area contributed by atoms with Crippen molar-refractivity contribution in [2.45, 2.75) is 57.4 Å². The minimum Gasteiger partial charge on any atom is -0.481 e. The maximum atomic E-state index is 12.1. The molecule has 0 aromatic rings. The van der Waals surface area contributed by atoms with E-state index in [2.05, 4.69) is 10.6 Å². The Bertz CT molecular complexity index is 402. The number of hydrogen-bond acceptors (Lipinski definition) is 3. The number of carboxylic acids is 1. The Morgan fingerprint density at radius 3 is 2.55 bits per heavy atom. The fourth-order valence-corrected chi connectivity index (χ4v) is 3.36. The molecule has 0 spiro atoms. The zero-order valence-corrected chi connectivity index (χ0v) is 11.6. The molecule has 2 rings (SSSR count). The van der Waals surface area contributed by atoms with Crippen LogP contribution >= 0.6 is 0 Å². The molecule has 6 heteroatoms. The fourth-order valence-electron chi connectivity index (χ4n) is 3.36. The summed E-state index contributed by atoms with van der Waals surface area (Å²) in [6, 6.07) is -0.459. The van der Waals surface area contributed by atoms with E-state index in [-0.39, 0.29) is 24.7 Å². The summed E-state index contributed by atoms with van der Waals surface area (Å²) in [4.78, 5) is 34.7. The highest BCUT2D eigenvalue weighted by Crippen LogP contribution is 2.44. The first kappa shape index (κ1) is 14.8. The maximum absolute atomic E-state index is 12.1. The third-order valence-corrected chi connectivity index (χ3v) is 4.35. The van der Waals surface area contributed by atoms with Crippen molar-refractivity contribution >= 4 is 17.8 Å². The number of piperidine rings is 1. The van der Waals surface area contributed by atoms with E-state index < -0.39 is 17.4 Å². The molecule has 1 heterocycles. The average molecular weight is 282 g/mol. The number of hydrogen-bond donors (Lipinski definition) is 3. The van der Waals surface area contributed by atoms with E-state index in [1.807, 2.05) is 0 Å². The molecule has 1 aliphatic heterocycles. The summed E-state index contributed by atoms with van der Waals surface area (Å²) in [5, 5.41) is 14.5. The van der Waals surface area contributed by atoms with Crippen LogP contribution in [0.1, 0.15) is 51.4 Å². The second kappa shape index (κ2) is 6.24. The summed E-state index contributed by atoms with van der Waals surface area (Å²) in [6.07, 6.45) is 5.28. The monoisotopic (exact) mass is 282 g/mol. The molecule has 1 atom stereocenters. The van der Waals surface area contributed by atoms with Gasteiger partial charge in [0.15, 0.2) is 0 Å². The van der Waals surface area contributed by atoms with Gasteiger partial charge in [-0.3, -0.25) is 14.4 Å². The minimum atomic E-state index is -0.852. The number of amides is 2. The third kappa shape index (κ3) is 3.71. The smallest absolute Gasteiger partial charge is 0.303 e. The van der Waals surface area contributed by atoms with E-state index in [9.17, 15) is 14.4 Å². The molecule has 6 nitrogen and oxygen atoms in total. The van der Waals surface area contributed by atoms with E-state index in [4.69, 9.17) is 5.11 Å². The van der Waals surface area contributed by atoms with E-state index in [1.165, 1.54) is 0 Å². The Balaban J connectivity index is 1.91. The Morgan fingerprint density at radius 2 is 1.95 bits per heavy atom. The van der Waals surface area contributed by atoms with Crippen molar-refractivity contribution in [1.29, 1.82) is 0 Å². The number of nitrogens with one attached hydrogen (secondary N) is 2. The topological polar surface area (TPSA) is 95.5 Å². The van der Waals surface area contributed by atoms with Gasteiger partial charge in [0.1, 0.15) is 6.04 Å². The number of carbonyl (C=O) groups excluding carboxylic acids is 2. The van der Waals surface area contributed by atoms with Crippen LogP contribution in [-0.4, -0.2) is 35.5 Å². The van der Waals surface area contributed by atoms with Gasteiger partial charge in [-0.25, -0.2) is 0 Å². The summed E-state index contributed by atoms with van der Waals surface area (Å²) < 4.78 is 0. The van der Waals surface area contributed by atoms with Gasteiger partial charge >= 0.3 is 5.97 Å². The van der Waals surface area contributed by atoms with Crippen LogP contribution in [0, 0.1) is 5.41 Å². The summed E-state index contributed by atoms with van der Waals surface area (Å²) in [6.45, 7) is 0.661. The van der Waals surface area contributed by atoms with E-state index >= 15 is 0 Å². The van der Waals surface area contributed by atoms with Crippen molar-refractivity contribution in [2.24, 2.45) is 5.41 Å². The first-order chi connectivity index (χ1) is 9.51. The normalized spacial score (nSPS) is 25.0. The number of carboxylic acid groups (broad SMARTS) is 1. The number of rotatable bonds is 5. The summed E-state index contributed by atoms with van der Waals surface area (Å²) in [5.74, 6) is -1.19. The number of carbonyl (C=O) groups is 3. The molecule has 2 fully saturated rings. The highest BCUT2D eigenvalue weighted by molar-refractivity contribution is 5.88. The highest BCUT2D eigenvalue weighted by Gasteiger charge is 2.38. The van der Waals surface area contributed by atoms with Gasteiger partial charge < -0.3 is 15.7 Å². The summed E-state index contributed by atoms with van der Waals surface area (Å²) in [5.41, 5.74) is -0.416. The summed E-state index contributed by atoms with van der Waals surface area (Å²) in [7, 11) is 0. The molecule has 0 radical (unpaired) electrons. The van der Waals surface area contributed by atoms with Crippen molar-refractivity contribution in [3.63, 3.8) is 0 Å². The van der Waals surface area contributed by atoms with Crippen molar-refractivity contribution < 1.29 is 19.5 Å². The van der Waals surface area contributed by atoms with Crippen LogP contribution in [0.15, 0.2) is 0 Å².